The van der Waals surface area contributed by atoms with Gasteiger partial charge in [-0.25, -0.2) is 0 Å². The molecule has 2 fully saturated rings. The number of anilines is 2. The Morgan fingerprint density at radius 1 is 0.879 bits per heavy atom. The predicted octanol–water partition coefficient (Wildman–Crippen LogP) is 4.36. The molecule has 1 unspecified atom stereocenters. The Balaban J connectivity index is 1.18. The van der Waals surface area contributed by atoms with Gasteiger partial charge in [0, 0.05) is 29.6 Å². The van der Waals surface area contributed by atoms with Crippen LogP contribution in [-0.4, -0.2) is 43.7 Å². The molecule has 2 amide bonds. The maximum absolute atomic E-state index is 12.4. The zero-order valence-electron chi connectivity index (χ0n) is 19.0. The van der Waals surface area contributed by atoms with Gasteiger partial charge in [-0.3, -0.25) is 9.59 Å². The third kappa shape index (κ3) is 7.22. The summed E-state index contributed by atoms with van der Waals surface area (Å²) in [7, 11) is 0. The maximum Gasteiger partial charge on any atom is 0.251 e. The zero-order chi connectivity index (χ0) is 22.9. The van der Waals surface area contributed by atoms with Gasteiger partial charge in [0.25, 0.3) is 5.91 Å². The summed E-state index contributed by atoms with van der Waals surface area (Å²) in [6, 6.07) is 14.8. The quantitative estimate of drug-likeness (QED) is 0.527. The molecule has 2 aliphatic rings. The molecule has 2 aromatic rings. The van der Waals surface area contributed by atoms with Gasteiger partial charge >= 0.3 is 0 Å². The molecule has 0 spiro atoms. The van der Waals surface area contributed by atoms with Crippen molar-refractivity contribution >= 4 is 23.2 Å². The highest BCUT2D eigenvalue weighted by atomic mass is 16.5. The van der Waals surface area contributed by atoms with Crippen LogP contribution in [0.2, 0.25) is 0 Å². The monoisotopic (exact) mass is 451 g/mol. The van der Waals surface area contributed by atoms with Crippen molar-refractivity contribution in [1.82, 2.24) is 5.32 Å². The highest BCUT2D eigenvalue weighted by Gasteiger charge is 2.17. The van der Waals surface area contributed by atoms with Crippen LogP contribution in [-0.2, 0) is 9.53 Å². The SMILES string of the molecule is O=C(CNc1ccc(OCC2CCCO2)cc1)Nc1ccc(C(=O)NC2CCCCC2)cc1. The van der Waals surface area contributed by atoms with E-state index in [-0.39, 0.29) is 30.5 Å². The molecule has 1 atom stereocenters. The van der Waals surface area contributed by atoms with E-state index in [4.69, 9.17) is 9.47 Å². The van der Waals surface area contributed by atoms with Crippen LogP contribution in [0.5, 0.6) is 5.75 Å². The Morgan fingerprint density at radius 2 is 1.61 bits per heavy atom. The Morgan fingerprint density at radius 3 is 2.30 bits per heavy atom. The lowest BCUT2D eigenvalue weighted by Gasteiger charge is -2.22. The van der Waals surface area contributed by atoms with Crippen LogP contribution in [0, 0.1) is 0 Å². The first kappa shape index (κ1) is 23.1. The van der Waals surface area contributed by atoms with Crippen LogP contribution < -0.4 is 20.7 Å². The van der Waals surface area contributed by atoms with E-state index in [9.17, 15) is 9.59 Å². The lowest BCUT2D eigenvalue weighted by molar-refractivity contribution is -0.114. The number of nitrogens with one attached hydrogen (secondary N) is 3. The van der Waals surface area contributed by atoms with E-state index >= 15 is 0 Å². The van der Waals surface area contributed by atoms with Gasteiger partial charge in [0.1, 0.15) is 12.4 Å². The minimum Gasteiger partial charge on any atom is -0.491 e. The number of hydrogen-bond donors (Lipinski definition) is 3. The maximum atomic E-state index is 12.4. The fourth-order valence-electron chi connectivity index (χ4n) is 4.24. The highest BCUT2D eigenvalue weighted by Crippen LogP contribution is 2.19. The lowest BCUT2D eigenvalue weighted by Crippen LogP contribution is -2.36. The Labute approximate surface area is 195 Å². The molecule has 1 saturated carbocycles. The molecule has 7 nitrogen and oxygen atoms in total. The van der Waals surface area contributed by atoms with Crippen molar-refractivity contribution in [2.24, 2.45) is 0 Å². The van der Waals surface area contributed by atoms with E-state index < -0.39 is 0 Å². The van der Waals surface area contributed by atoms with Crippen molar-refractivity contribution in [3.05, 3.63) is 54.1 Å². The van der Waals surface area contributed by atoms with Gasteiger partial charge in [-0.2, -0.15) is 0 Å². The van der Waals surface area contributed by atoms with Crippen molar-refractivity contribution in [3.63, 3.8) is 0 Å². The molecule has 0 radical (unpaired) electrons. The summed E-state index contributed by atoms with van der Waals surface area (Å²) in [5.41, 5.74) is 2.11. The van der Waals surface area contributed by atoms with Crippen molar-refractivity contribution in [2.45, 2.75) is 57.1 Å². The average Bonchev–Trinajstić information content (AvgIpc) is 3.37. The second kappa shape index (κ2) is 11.7. The molecule has 176 valence electrons. The lowest BCUT2D eigenvalue weighted by atomic mass is 9.95. The van der Waals surface area contributed by atoms with Crippen molar-refractivity contribution in [3.8, 4) is 5.75 Å². The Kier molecular flexibility index (Phi) is 8.19. The minimum absolute atomic E-state index is 0.0513. The first-order valence-corrected chi connectivity index (χ1v) is 11.9. The highest BCUT2D eigenvalue weighted by molar-refractivity contribution is 5.96. The normalized spacial score (nSPS) is 18.5. The molecular weight excluding hydrogens is 418 g/mol. The van der Waals surface area contributed by atoms with E-state index in [2.05, 4.69) is 16.0 Å². The molecule has 1 heterocycles. The minimum atomic E-state index is -0.159. The summed E-state index contributed by atoms with van der Waals surface area (Å²) in [6.45, 7) is 1.52. The number of carbonyl (C=O) groups is 2. The van der Waals surface area contributed by atoms with Gasteiger partial charge in [0.15, 0.2) is 0 Å². The fourth-order valence-corrected chi connectivity index (χ4v) is 4.24. The second-order valence-corrected chi connectivity index (χ2v) is 8.76. The van der Waals surface area contributed by atoms with E-state index in [0.29, 0.717) is 17.9 Å². The molecule has 4 rings (SSSR count). The summed E-state index contributed by atoms with van der Waals surface area (Å²) in [5.74, 6) is 0.575. The summed E-state index contributed by atoms with van der Waals surface area (Å²) < 4.78 is 11.3. The number of amides is 2. The third-order valence-corrected chi connectivity index (χ3v) is 6.14. The average molecular weight is 452 g/mol. The zero-order valence-corrected chi connectivity index (χ0v) is 19.0. The number of ether oxygens (including phenoxy) is 2. The number of rotatable bonds is 9. The number of carbonyl (C=O) groups excluding carboxylic acids is 2. The van der Waals surface area contributed by atoms with Gasteiger partial charge in [-0.1, -0.05) is 19.3 Å². The van der Waals surface area contributed by atoms with Crippen LogP contribution >= 0.6 is 0 Å². The van der Waals surface area contributed by atoms with E-state index in [1.165, 1.54) is 19.3 Å². The summed E-state index contributed by atoms with van der Waals surface area (Å²) in [5, 5.41) is 9.07. The predicted molar refractivity (Wildman–Crippen MR) is 129 cm³/mol. The van der Waals surface area contributed by atoms with Crippen LogP contribution in [0.25, 0.3) is 0 Å². The molecule has 0 aromatic heterocycles. The molecule has 3 N–H and O–H groups in total. The first-order chi connectivity index (χ1) is 16.2. The van der Waals surface area contributed by atoms with Gasteiger partial charge in [0.05, 0.1) is 12.6 Å². The molecule has 1 aliphatic carbocycles. The molecule has 1 aliphatic heterocycles. The van der Waals surface area contributed by atoms with Crippen molar-refractivity contribution in [2.75, 3.05) is 30.4 Å². The molecule has 33 heavy (non-hydrogen) atoms. The van der Waals surface area contributed by atoms with Crippen LogP contribution in [0.4, 0.5) is 11.4 Å². The number of benzene rings is 2. The summed E-state index contributed by atoms with van der Waals surface area (Å²) >= 11 is 0. The fraction of sp³-hybridized carbons (Fsp3) is 0.462. The van der Waals surface area contributed by atoms with Gasteiger partial charge in [0.2, 0.25) is 5.91 Å². The standard InChI is InChI=1S/C26H33N3O4/c30-25(17-27-20-12-14-23(15-13-20)33-18-24-7-4-16-32-24)28-22-10-8-19(9-11-22)26(31)29-21-5-2-1-3-6-21/h8-15,21,24,27H,1-7,16-18H2,(H,28,30)(H,29,31). The second-order valence-electron chi connectivity index (χ2n) is 8.76. The van der Waals surface area contributed by atoms with Gasteiger partial charge in [-0.05, 0) is 74.2 Å². The summed E-state index contributed by atoms with van der Waals surface area (Å²) in [6.07, 6.45) is 8.05. The van der Waals surface area contributed by atoms with Crippen LogP contribution in [0.1, 0.15) is 55.3 Å². The van der Waals surface area contributed by atoms with Crippen LogP contribution in [0.15, 0.2) is 48.5 Å². The molecular formula is C26H33N3O4. The van der Waals surface area contributed by atoms with E-state index in [0.717, 1.165) is 43.7 Å². The first-order valence-electron chi connectivity index (χ1n) is 11.9. The van der Waals surface area contributed by atoms with Crippen molar-refractivity contribution < 1.29 is 19.1 Å². The third-order valence-electron chi connectivity index (χ3n) is 6.14. The molecule has 7 heteroatoms. The van der Waals surface area contributed by atoms with E-state index in [1.54, 1.807) is 24.3 Å². The number of hydrogen-bond acceptors (Lipinski definition) is 5. The smallest absolute Gasteiger partial charge is 0.251 e. The van der Waals surface area contributed by atoms with Crippen molar-refractivity contribution in [1.29, 1.82) is 0 Å². The van der Waals surface area contributed by atoms with Crippen LogP contribution in [0.3, 0.4) is 0 Å². The van der Waals surface area contributed by atoms with Gasteiger partial charge in [-0.15, -0.1) is 0 Å². The topological polar surface area (TPSA) is 88.7 Å². The Bertz CT molecular complexity index is 902. The van der Waals surface area contributed by atoms with Gasteiger partial charge < -0.3 is 25.4 Å². The largest absolute Gasteiger partial charge is 0.491 e. The van der Waals surface area contributed by atoms with E-state index in [1.807, 2.05) is 24.3 Å². The molecule has 0 bridgehead atoms. The molecule has 2 aromatic carbocycles. The molecule has 1 saturated heterocycles. The summed E-state index contributed by atoms with van der Waals surface area (Å²) in [4.78, 5) is 24.7. The Hall–Kier alpha value is -3.06.